The second-order valence-corrected chi connectivity index (χ2v) is 5.66. The maximum atomic E-state index is 12.4. The van der Waals surface area contributed by atoms with Crippen LogP contribution in [-0.4, -0.2) is 23.2 Å². The van der Waals surface area contributed by atoms with Crippen molar-refractivity contribution in [3.63, 3.8) is 0 Å². The molecule has 3 nitrogen and oxygen atoms in total. The molecule has 4 heteroatoms. The molecule has 2 N–H and O–H groups in total. The number of rotatable bonds is 5. The lowest BCUT2D eigenvalue weighted by Crippen LogP contribution is -2.50. The second-order valence-electron chi connectivity index (χ2n) is 4.75. The van der Waals surface area contributed by atoms with Gasteiger partial charge in [-0.1, -0.05) is 32.0 Å². The van der Waals surface area contributed by atoms with E-state index in [4.69, 9.17) is 0 Å². The average molecular weight is 277 g/mol. The number of aliphatic hydroxyl groups is 1. The molecule has 1 amide bonds. The van der Waals surface area contributed by atoms with Gasteiger partial charge in [-0.2, -0.15) is 0 Å². The van der Waals surface area contributed by atoms with Crippen molar-refractivity contribution in [1.82, 2.24) is 5.32 Å². The molecule has 0 aliphatic heterocycles. The Bertz CT molecular complexity index is 564. The Balaban J connectivity index is 2.29. The van der Waals surface area contributed by atoms with E-state index in [1.54, 1.807) is 11.3 Å². The number of amides is 1. The molecule has 0 spiro atoms. The van der Waals surface area contributed by atoms with Crippen LogP contribution >= 0.6 is 11.3 Å². The van der Waals surface area contributed by atoms with Gasteiger partial charge in [0.25, 0.3) is 5.91 Å². The summed E-state index contributed by atoms with van der Waals surface area (Å²) < 4.78 is 1.11. The van der Waals surface area contributed by atoms with E-state index in [0.29, 0.717) is 18.4 Å². The monoisotopic (exact) mass is 277 g/mol. The number of nitrogens with one attached hydrogen (secondary N) is 1. The molecule has 1 aromatic carbocycles. The molecule has 0 saturated carbocycles. The van der Waals surface area contributed by atoms with Crippen LogP contribution in [0.5, 0.6) is 0 Å². The third-order valence-corrected chi connectivity index (χ3v) is 4.72. The molecule has 0 bridgehead atoms. The standard InChI is InChI=1S/C15H19NO2S/c1-3-15(4-2,10-17)16-14(18)12-9-19-13-8-6-5-7-11(12)13/h5-9,17H,3-4,10H2,1-2H3,(H,16,18). The zero-order valence-corrected chi connectivity index (χ0v) is 12.1. The lowest BCUT2D eigenvalue weighted by molar-refractivity contribution is 0.0820. The van der Waals surface area contributed by atoms with E-state index >= 15 is 0 Å². The predicted octanol–water partition coefficient (Wildman–Crippen LogP) is 3.18. The normalized spacial score (nSPS) is 11.7. The molecule has 0 fully saturated rings. The first kappa shape index (κ1) is 14.0. The highest BCUT2D eigenvalue weighted by molar-refractivity contribution is 7.17. The van der Waals surface area contributed by atoms with Gasteiger partial charge in [-0.15, -0.1) is 11.3 Å². The molecule has 0 atom stereocenters. The van der Waals surface area contributed by atoms with Crippen LogP contribution in [0.3, 0.4) is 0 Å². The molecule has 1 aromatic heterocycles. The van der Waals surface area contributed by atoms with Crippen molar-refractivity contribution in [2.24, 2.45) is 0 Å². The number of carbonyl (C=O) groups excluding carboxylic acids is 1. The second kappa shape index (κ2) is 5.72. The number of carbonyl (C=O) groups is 1. The Kier molecular flexibility index (Phi) is 4.22. The summed E-state index contributed by atoms with van der Waals surface area (Å²) in [4.78, 5) is 12.4. The summed E-state index contributed by atoms with van der Waals surface area (Å²) in [6.45, 7) is 3.92. The molecular formula is C15H19NO2S. The summed E-state index contributed by atoms with van der Waals surface area (Å²) in [5.41, 5.74) is 0.181. The molecular weight excluding hydrogens is 258 g/mol. The van der Waals surface area contributed by atoms with Crippen LogP contribution in [0.1, 0.15) is 37.0 Å². The Hall–Kier alpha value is -1.39. The zero-order chi connectivity index (χ0) is 13.9. The number of thiophene rings is 1. The summed E-state index contributed by atoms with van der Waals surface area (Å²) in [7, 11) is 0. The number of aliphatic hydroxyl groups excluding tert-OH is 1. The average Bonchev–Trinajstić information content (AvgIpc) is 2.89. The maximum absolute atomic E-state index is 12.4. The molecule has 2 rings (SSSR count). The molecule has 19 heavy (non-hydrogen) atoms. The largest absolute Gasteiger partial charge is 0.394 e. The van der Waals surface area contributed by atoms with Gasteiger partial charge in [0.2, 0.25) is 0 Å². The van der Waals surface area contributed by atoms with E-state index in [1.807, 2.05) is 43.5 Å². The van der Waals surface area contributed by atoms with E-state index in [9.17, 15) is 9.90 Å². The van der Waals surface area contributed by atoms with Crippen LogP contribution in [-0.2, 0) is 0 Å². The lowest BCUT2D eigenvalue weighted by Gasteiger charge is -2.30. The smallest absolute Gasteiger partial charge is 0.253 e. The predicted molar refractivity (Wildman–Crippen MR) is 79.7 cm³/mol. The molecule has 0 unspecified atom stereocenters. The number of hydrogen-bond donors (Lipinski definition) is 2. The van der Waals surface area contributed by atoms with Gasteiger partial charge in [-0.25, -0.2) is 0 Å². The first-order valence-corrected chi connectivity index (χ1v) is 7.43. The Morgan fingerprint density at radius 3 is 2.63 bits per heavy atom. The van der Waals surface area contributed by atoms with Crippen molar-refractivity contribution < 1.29 is 9.90 Å². The maximum Gasteiger partial charge on any atom is 0.253 e. The van der Waals surface area contributed by atoms with Crippen molar-refractivity contribution in [2.45, 2.75) is 32.2 Å². The number of benzene rings is 1. The van der Waals surface area contributed by atoms with Gasteiger partial charge in [0, 0.05) is 15.5 Å². The van der Waals surface area contributed by atoms with Gasteiger partial charge >= 0.3 is 0 Å². The van der Waals surface area contributed by atoms with Crippen LogP contribution in [0, 0.1) is 0 Å². The van der Waals surface area contributed by atoms with Crippen molar-refractivity contribution in [2.75, 3.05) is 6.61 Å². The van der Waals surface area contributed by atoms with Crippen LogP contribution in [0.25, 0.3) is 10.1 Å². The first-order valence-electron chi connectivity index (χ1n) is 6.55. The van der Waals surface area contributed by atoms with Gasteiger partial charge in [0.1, 0.15) is 0 Å². The molecule has 102 valence electrons. The minimum atomic E-state index is -0.514. The van der Waals surface area contributed by atoms with E-state index in [0.717, 1.165) is 10.1 Å². The molecule has 2 aromatic rings. The highest BCUT2D eigenvalue weighted by Gasteiger charge is 2.28. The Morgan fingerprint density at radius 2 is 2.00 bits per heavy atom. The van der Waals surface area contributed by atoms with Gasteiger partial charge in [-0.05, 0) is 18.9 Å². The highest BCUT2D eigenvalue weighted by Crippen LogP contribution is 2.26. The van der Waals surface area contributed by atoms with E-state index in [-0.39, 0.29) is 12.5 Å². The SMILES string of the molecule is CCC(CC)(CO)NC(=O)c1csc2ccccc12. The van der Waals surface area contributed by atoms with Gasteiger partial charge in [0.15, 0.2) is 0 Å². The van der Waals surface area contributed by atoms with Gasteiger partial charge in [-0.3, -0.25) is 4.79 Å². The summed E-state index contributed by atoms with van der Waals surface area (Å²) in [6, 6.07) is 7.87. The minimum Gasteiger partial charge on any atom is -0.394 e. The Morgan fingerprint density at radius 1 is 1.32 bits per heavy atom. The van der Waals surface area contributed by atoms with Crippen molar-refractivity contribution >= 4 is 27.3 Å². The fraction of sp³-hybridized carbons (Fsp3) is 0.400. The van der Waals surface area contributed by atoms with E-state index in [2.05, 4.69) is 5.32 Å². The van der Waals surface area contributed by atoms with Gasteiger partial charge < -0.3 is 10.4 Å². The van der Waals surface area contributed by atoms with E-state index < -0.39 is 5.54 Å². The summed E-state index contributed by atoms with van der Waals surface area (Å²) >= 11 is 1.57. The zero-order valence-electron chi connectivity index (χ0n) is 11.3. The summed E-state index contributed by atoms with van der Waals surface area (Å²) in [6.07, 6.45) is 1.43. The van der Waals surface area contributed by atoms with Crippen LogP contribution in [0.2, 0.25) is 0 Å². The fourth-order valence-corrected chi connectivity index (χ4v) is 3.09. The number of fused-ring (bicyclic) bond motifs is 1. The van der Waals surface area contributed by atoms with Gasteiger partial charge in [0.05, 0.1) is 17.7 Å². The molecule has 0 saturated heterocycles. The summed E-state index contributed by atoms with van der Waals surface area (Å²) in [5, 5.41) is 15.4. The Labute approximate surface area is 117 Å². The molecule has 0 aliphatic carbocycles. The van der Waals surface area contributed by atoms with Crippen LogP contribution in [0.15, 0.2) is 29.6 Å². The quantitative estimate of drug-likeness (QED) is 0.882. The highest BCUT2D eigenvalue weighted by atomic mass is 32.1. The third-order valence-electron chi connectivity index (χ3n) is 3.76. The third kappa shape index (κ3) is 2.65. The van der Waals surface area contributed by atoms with E-state index in [1.165, 1.54) is 0 Å². The van der Waals surface area contributed by atoms with Crippen molar-refractivity contribution in [1.29, 1.82) is 0 Å². The van der Waals surface area contributed by atoms with Crippen molar-refractivity contribution in [3.05, 3.63) is 35.2 Å². The summed E-state index contributed by atoms with van der Waals surface area (Å²) in [5.74, 6) is -0.102. The minimum absolute atomic E-state index is 0.0339. The van der Waals surface area contributed by atoms with Crippen LogP contribution in [0.4, 0.5) is 0 Å². The van der Waals surface area contributed by atoms with Crippen molar-refractivity contribution in [3.8, 4) is 0 Å². The molecule has 0 aliphatic rings. The molecule has 0 radical (unpaired) electrons. The lowest BCUT2D eigenvalue weighted by atomic mass is 9.93. The topological polar surface area (TPSA) is 49.3 Å². The first-order chi connectivity index (χ1) is 9.15. The molecule has 1 heterocycles. The van der Waals surface area contributed by atoms with Crippen LogP contribution < -0.4 is 5.32 Å². The number of hydrogen-bond acceptors (Lipinski definition) is 3. The fourth-order valence-electron chi connectivity index (χ4n) is 2.15.